The molecule has 1 aliphatic carbocycles. The van der Waals surface area contributed by atoms with Crippen LogP contribution in [0.1, 0.15) is 44.6 Å². The van der Waals surface area contributed by atoms with Gasteiger partial charge in [0.25, 0.3) is 0 Å². The van der Waals surface area contributed by atoms with Crippen LogP contribution in [0.3, 0.4) is 0 Å². The van der Waals surface area contributed by atoms with Crippen molar-refractivity contribution < 1.29 is 23.5 Å². The number of nitrogens with zero attached hydrogens (tertiary/aromatic N) is 2. The summed E-state index contributed by atoms with van der Waals surface area (Å²) < 4.78 is 24.2. The third kappa shape index (κ3) is 5.09. The van der Waals surface area contributed by atoms with Gasteiger partial charge in [0.2, 0.25) is 0 Å². The van der Waals surface area contributed by atoms with Gasteiger partial charge in [-0.05, 0) is 68.0 Å². The summed E-state index contributed by atoms with van der Waals surface area (Å²) in [5.41, 5.74) is 3.56. The summed E-state index contributed by atoms with van der Waals surface area (Å²) in [5, 5.41) is 5.06. The Kier molecular flexibility index (Phi) is 7.22. The Hall–Kier alpha value is -2.64. The van der Waals surface area contributed by atoms with E-state index in [9.17, 15) is 9.18 Å². The van der Waals surface area contributed by atoms with Crippen LogP contribution < -0.4 is 4.74 Å². The molecule has 3 aliphatic rings. The lowest BCUT2D eigenvalue weighted by molar-refractivity contribution is -0.146. The zero-order chi connectivity index (χ0) is 25.3. The second-order valence-corrected chi connectivity index (χ2v) is 10.5. The molecule has 6 nitrogen and oxygen atoms in total. The van der Waals surface area contributed by atoms with Gasteiger partial charge in [-0.25, -0.2) is 4.39 Å². The van der Waals surface area contributed by atoms with Gasteiger partial charge in [0.05, 0.1) is 30.4 Å². The Morgan fingerprint density at radius 1 is 1.19 bits per heavy atom. The minimum absolute atomic E-state index is 0.0187. The molecule has 192 valence electrons. The Morgan fingerprint density at radius 2 is 1.92 bits per heavy atom. The molecule has 2 aromatic rings. The van der Waals surface area contributed by atoms with Crippen LogP contribution >= 0.6 is 11.6 Å². The van der Waals surface area contributed by atoms with Crippen molar-refractivity contribution in [3.8, 4) is 16.9 Å². The Bertz CT molecular complexity index is 1140. The monoisotopic (exact) mass is 514 g/mol. The molecule has 0 radical (unpaired) electrons. The summed E-state index contributed by atoms with van der Waals surface area (Å²) in [6, 6.07) is 10.3. The number of carbonyl (C=O) groups is 1. The van der Waals surface area contributed by atoms with E-state index < -0.39 is 0 Å². The van der Waals surface area contributed by atoms with Crippen molar-refractivity contribution in [3.63, 3.8) is 0 Å². The van der Waals surface area contributed by atoms with Crippen molar-refractivity contribution in [2.24, 2.45) is 17.0 Å². The summed E-state index contributed by atoms with van der Waals surface area (Å²) in [4.78, 5) is 20.1. The summed E-state index contributed by atoms with van der Waals surface area (Å²) >= 11 is 6.69. The SMILES string of the molecule is CCOc1cc(CN2CC3(CC(C4CCC(C(=O)OC)CC4)=NO3)C2)cc(Cl)c1-c1ccc(F)cc1. The van der Waals surface area contributed by atoms with E-state index in [-0.39, 0.29) is 23.3 Å². The molecule has 5 rings (SSSR count). The van der Waals surface area contributed by atoms with Crippen LogP contribution in [0, 0.1) is 17.7 Å². The molecule has 2 aromatic carbocycles. The zero-order valence-corrected chi connectivity index (χ0v) is 21.5. The van der Waals surface area contributed by atoms with Gasteiger partial charge in [0.15, 0.2) is 5.60 Å². The summed E-state index contributed by atoms with van der Waals surface area (Å²) in [7, 11) is 1.46. The quantitative estimate of drug-likeness (QED) is 0.433. The van der Waals surface area contributed by atoms with Crippen LogP contribution in [0.5, 0.6) is 5.75 Å². The molecule has 0 bridgehead atoms. The van der Waals surface area contributed by atoms with E-state index in [0.29, 0.717) is 23.3 Å². The van der Waals surface area contributed by atoms with Gasteiger partial charge in [-0.3, -0.25) is 9.69 Å². The summed E-state index contributed by atoms with van der Waals surface area (Å²) in [5.74, 6) is 0.733. The number of carbonyl (C=O) groups excluding carboxylic acids is 1. The van der Waals surface area contributed by atoms with Crippen LogP contribution in [-0.2, 0) is 20.9 Å². The lowest BCUT2D eigenvalue weighted by Gasteiger charge is -2.45. The number of oxime groups is 1. The maximum Gasteiger partial charge on any atom is 0.308 e. The fourth-order valence-electron chi connectivity index (χ4n) is 5.80. The number of hydrogen-bond acceptors (Lipinski definition) is 6. The number of benzene rings is 2. The molecule has 0 unspecified atom stereocenters. The molecule has 1 spiro atoms. The molecule has 1 saturated carbocycles. The van der Waals surface area contributed by atoms with Crippen molar-refractivity contribution in [2.45, 2.75) is 51.2 Å². The van der Waals surface area contributed by atoms with Crippen LogP contribution in [0.15, 0.2) is 41.6 Å². The molecule has 2 heterocycles. The molecule has 0 amide bonds. The average Bonchev–Trinajstić information content (AvgIpc) is 3.30. The third-order valence-electron chi connectivity index (χ3n) is 7.57. The number of hydrogen-bond donors (Lipinski definition) is 0. The van der Waals surface area contributed by atoms with Crippen LogP contribution in [0.2, 0.25) is 5.02 Å². The molecule has 8 heteroatoms. The fourth-order valence-corrected chi connectivity index (χ4v) is 6.14. The highest BCUT2D eigenvalue weighted by Crippen LogP contribution is 2.42. The first-order valence-corrected chi connectivity index (χ1v) is 13.0. The highest BCUT2D eigenvalue weighted by molar-refractivity contribution is 6.33. The molecular formula is C28H32ClFN2O4. The normalized spacial score (nSPS) is 23.1. The van der Waals surface area contributed by atoms with E-state index in [0.717, 1.165) is 74.1 Å². The van der Waals surface area contributed by atoms with Gasteiger partial charge in [-0.15, -0.1) is 0 Å². The van der Waals surface area contributed by atoms with E-state index in [1.54, 1.807) is 12.1 Å². The number of ether oxygens (including phenoxy) is 2. The molecule has 36 heavy (non-hydrogen) atoms. The van der Waals surface area contributed by atoms with Crippen LogP contribution in [0.4, 0.5) is 4.39 Å². The van der Waals surface area contributed by atoms with Gasteiger partial charge >= 0.3 is 5.97 Å². The van der Waals surface area contributed by atoms with Crippen molar-refractivity contribution in [1.29, 1.82) is 0 Å². The molecule has 0 atom stereocenters. The summed E-state index contributed by atoms with van der Waals surface area (Å²) in [6.45, 7) is 4.78. The van der Waals surface area contributed by atoms with Gasteiger partial charge in [-0.2, -0.15) is 0 Å². The maximum atomic E-state index is 13.4. The van der Waals surface area contributed by atoms with Gasteiger partial charge in [0.1, 0.15) is 11.6 Å². The minimum atomic E-state index is -0.286. The van der Waals surface area contributed by atoms with Crippen molar-refractivity contribution >= 4 is 23.3 Å². The van der Waals surface area contributed by atoms with Gasteiger partial charge < -0.3 is 14.3 Å². The lowest BCUT2D eigenvalue weighted by Crippen LogP contribution is -2.61. The van der Waals surface area contributed by atoms with Crippen molar-refractivity contribution in [1.82, 2.24) is 4.90 Å². The molecule has 0 aromatic heterocycles. The number of rotatable bonds is 7. The standard InChI is InChI=1S/C28H32ClFN2O4/c1-3-35-25-13-18(12-23(29)26(25)20-8-10-22(30)11-9-20)15-32-16-28(17-32)14-24(31-36-28)19-4-6-21(7-5-19)27(33)34-2/h8-13,19,21H,3-7,14-17H2,1-2H3. The molecule has 0 N–H and O–H groups in total. The Labute approximate surface area is 216 Å². The number of halogens is 2. The fraction of sp³-hybridized carbons (Fsp3) is 0.500. The van der Waals surface area contributed by atoms with Crippen molar-refractivity contribution in [3.05, 3.63) is 52.8 Å². The van der Waals surface area contributed by atoms with E-state index in [2.05, 4.69) is 10.1 Å². The van der Waals surface area contributed by atoms with Crippen molar-refractivity contribution in [2.75, 3.05) is 26.8 Å². The lowest BCUT2D eigenvalue weighted by atomic mass is 9.76. The molecule has 2 aliphatic heterocycles. The smallest absolute Gasteiger partial charge is 0.308 e. The number of likely N-dealkylation sites (tertiary alicyclic amines) is 1. The predicted molar refractivity (Wildman–Crippen MR) is 137 cm³/mol. The van der Waals surface area contributed by atoms with Gasteiger partial charge in [0, 0.05) is 37.5 Å². The van der Waals surface area contributed by atoms with E-state index in [1.165, 1.54) is 19.2 Å². The van der Waals surface area contributed by atoms with E-state index >= 15 is 0 Å². The Morgan fingerprint density at radius 3 is 2.58 bits per heavy atom. The molecule has 2 fully saturated rings. The second-order valence-electron chi connectivity index (χ2n) is 10.1. The van der Waals surface area contributed by atoms with E-state index in [1.807, 2.05) is 19.1 Å². The first kappa shape index (κ1) is 25.0. The third-order valence-corrected chi connectivity index (χ3v) is 7.87. The largest absolute Gasteiger partial charge is 0.493 e. The maximum absolute atomic E-state index is 13.4. The second kappa shape index (κ2) is 10.4. The van der Waals surface area contributed by atoms with Gasteiger partial charge in [-0.1, -0.05) is 28.9 Å². The molecular weight excluding hydrogens is 483 g/mol. The first-order chi connectivity index (χ1) is 17.4. The number of esters is 1. The predicted octanol–water partition coefficient (Wildman–Crippen LogP) is 5.85. The first-order valence-electron chi connectivity index (χ1n) is 12.7. The number of methoxy groups -OCH3 is 1. The highest BCUT2D eigenvalue weighted by Gasteiger charge is 2.50. The van der Waals surface area contributed by atoms with Crippen LogP contribution in [-0.4, -0.2) is 49.0 Å². The highest BCUT2D eigenvalue weighted by atomic mass is 35.5. The average molecular weight is 515 g/mol. The Balaban J connectivity index is 1.19. The topological polar surface area (TPSA) is 60.4 Å². The minimum Gasteiger partial charge on any atom is -0.493 e. The van der Waals surface area contributed by atoms with E-state index in [4.69, 9.17) is 25.9 Å². The molecule has 1 saturated heterocycles. The van der Waals surface area contributed by atoms with Crippen LogP contribution in [0.25, 0.3) is 11.1 Å². The zero-order valence-electron chi connectivity index (χ0n) is 20.8. The summed E-state index contributed by atoms with van der Waals surface area (Å²) in [6.07, 6.45) is 4.48.